The van der Waals surface area contributed by atoms with Gasteiger partial charge in [-0.25, -0.2) is 4.39 Å². The second-order valence-corrected chi connectivity index (χ2v) is 8.65. The Balaban J connectivity index is 1.70. The van der Waals surface area contributed by atoms with Crippen molar-refractivity contribution in [1.82, 2.24) is 15.1 Å². The number of carbonyl (C=O) groups excluding carboxylic acids is 4. The molecule has 0 aromatic heterocycles. The standard InChI is InChI=1S/C26H30FN3O4/c1-4-22(24(32)28-17(2)3)30(16-18-11-13-19(27)14-12-18)23(31)10-7-15-29-25(33)20-8-5-6-9-21(20)26(29)34/h5-6,8-9,11-14,17,22H,4,7,10,15-16H2,1-3H3,(H,28,32)/t22-/m1/s1. The largest absolute Gasteiger partial charge is 0.352 e. The number of hydrogen-bond donors (Lipinski definition) is 1. The first-order valence-electron chi connectivity index (χ1n) is 11.5. The molecule has 0 radical (unpaired) electrons. The molecule has 0 fully saturated rings. The van der Waals surface area contributed by atoms with Crippen molar-refractivity contribution in [3.05, 3.63) is 71.0 Å². The summed E-state index contributed by atoms with van der Waals surface area (Å²) in [5.74, 6) is -1.63. The zero-order valence-electron chi connectivity index (χ0n) is 19.7. The Morgan fingerprint density at radius 3 is 2.12 bits per heavy atom. The van der Waals surface area contributed by atoms with Crippen LogP contribution in [0, 0.1) is 5.82 Å². The van der Waals surface area contributed by atoms with Crippen molar-refractivity contribution in [2.24, 2.45) is 0 Å². The summed E-state index contributed by atoms with van der Waals surface area (Å²) >= 11 is 0. The molecular formula is C26H30FN3O4. The molecule has 34 heavy (non-hydrogen) atoms. The van der Waals surface area contributed by atoms with Crippen molar-refractivity contribution in [2.45, 2.75) is 58.7 Å². The molecule has 0 spiro atoms. The lowest BCUT2D eigenvalue weighted by Crippen LogP contribution is -2.50. The van der Waals surface area contributed by atoms with Gasteiger partial charge in [0.25, 0.3) is 11.8 Å². The van der Waals surface area contributed by atoms with Crippen molar-refractivity contribution in [3.8, 4) is 0 Å². The van der Waals surface area contributed by atoms with Gasteiger partial charge in [-0.05, 0) is 56.5 Å². The minimum atomic E-state index is -0.695. The topological polar surface area (TPSA) is 86.8 Å². The first-order valence-corrected chi connectivity index (χ1v) is 11.5. The van der Waals surface area contributed by atoms with E-state index in [0.717, 1.165) is 4.90 Å². The molecule has 4 amide bonds. The van der Waals surface area contributed by atoms with E-state index in [-0.39, 0.29) is 61.4 Å². The summed E-state index contributed by atoms with van der Waals surface area (Å²) in [5, 5.41) is 2.86. The van der Waals surface area contributed by atoms with E-state index >= 15 is 0 Å². The maximum Gasteiger partial charge on any atom is 0.261 e. The Bertz CT molecular complexity index is 1030. The van der Waals surface area contributed by atoms with Gasteiger partial charge in [-0.1, -0.05) is 31.2 Å². The lowest BCUT2D eigenvalue weighted by Gasteiger charge is -2.31. The predicted octanol–water partition coefficient (Wildman–Crippen LogP) is 3.53. The molecule has 7 nitrogen and oxygen atoms in total. The first-order chi connectivity index (χ1) is 16.2. The lowest BCUT2D eigenvalue weighted by atomic mass is 10.1. The van der Waals surface area contributed by atoms with Crippen LogP contribution < -0.4 is 5.32 Å². The summed E-state index contributed by atoms with van der Waals surface area (Å²) in [5.41, 5.74) is 1.44. The van der Waals surface area contributed by atoms with E-state index < -0.39 is 6.04 Å². The number of rotatable bonds is 10. The number of nitrogens with one attached hydrogen (secondary N) is 1. The van der Waals surface area contributed by atoms with Gasteiger partial charge in [-0.15, -0.1) is 0 Å². The highest BCUT2D eigenvalue weighted by atomic mass is 19.1. The maximum atomic E-state index is 13.4. The molecule has 0 saturated carbocycles. The molecule has 8 heteroatoms. The molecule has 0 aliphatic carbocycles. The highest BCUT2D eigenvalue weighted by Crippen LogP contribution is 2.23. The highest BCUT2D eigenvalue weighted by molar-refractivity contribution is 6.21. The molecule has 0 unspecified atom stereocenters. The van der Waals surface area contributed by atoms with Crippen LogP contribution in [0.3, 0.4) is 0 Å². The van der Waals surface area contributed by atoms with Gasteiger partial charge < -0.3 is 10.2 Å². The van der Waals surface area contributed by atoms with Crippen LogP contribution in [0.5, 0.6) is 0 Å². The molecule has 180 valence electrons. The SMILES string of the molecule is CC[C@H](C(=O)NC(C)C)N(Cc1ccc(F)cc1)C(=O)CCCN1C(=O)c2ccccc2C1=O. The number of carbonyl (C=O) groups is 4. The number of benzene rings is 2. The van der Waals surface area contributed by atoms with Crippen molar-refractivity contribution in [3.63, 3.8) is 0 Å². The normalized spacial score (nSPS) is 13.7. The van der Waals surface area contributed by atoms with E-state index in [0.29, 0.717) is 23.1 Å². The lowest BCUT2D eigenvalue weighted by molar-refractivity contribution is -0.141. The van der Waals surface area contributed by atoms with Gasteiger partial charge in [0.05, 0.1) is 11.1 Å². The van der Waals surface area contributed by atoms with Crippen LogP contribution in [-0.4, -0.2) is 52.1 Å². The third kappa shape index (κ3) is 5.68. The number of fused-ring (bicyclic) bond motifs is 1. The minimum Gasteiger partial charge on any atom is -0.352 e. The summed E-state index contributed by atoms with van der Waals surface area (Å²) in [6, 6.07) is 11.7. The molecule has 2 aromatic carbocycles. The molecule has 1 atom stereocenters. The van der Waals surface area contributed by atoms with Crippen LogP contribution in [-0.2, 0) is 16.1 Å². The van der Waals surface area contributed by atoms with Gasteiger partial charge in [-0.2, -0.15) is 0 Å². The average molecular weight is 468 g/mol. The van der Waals surface area contributed by atoms with Crippen molar-refractivity contribution in [2.75, 3.05) is 6.54 Å². The predicted molar refractivity (Wildman–Crippen MR) is 125 cm³/mol. The van der Waals surface area contributed by atoms with Gasteiger partial charge in [0.2, 0.25) is 11.8 Å². The number of amides is 4. The molecule has 1 aliphatic heterocycles. The van der Waals surface area contributed by atoms with E-state index in [4.69, 9.17) is 0 Å². The Morgan fingerprint density at radius 2 is 1.59 bits per heavy atom. The Kier molecular flexibility index (Phi) is 8.15. The molecule has 3 rings (SSSR count). The second kappa shape index (κ2) is 11.0. The van der Waals surface area contributed by atoms with Gasteiger partial charge in [0, 0.05) is 25.6 Å². The third-order valence-electron chi connectivity index (χ3n) is 5.73. The van der Waals surface area contributed by atoms with E-state index in [2.05, 4.69) is 5.32 Å². The first kappa shape index (κ1) is 25.1. The summed E-state index contributed by atoms with van der Waals surface area (Å²) in [6.07, 6.45) is 0.733. The van der Waals surface area contributed by atoms with Gasteiger partial charge in [0.15, 0.2) is 0 Å². The maximum absolute atomic E-state index is 13.4. The van der Waals surface area contributed by atoms with Crippen LogP contribution in [0.1, 0.15) is 66.3 Å². The van der Waals surface area contributed by atoms with Crippen molar-refractivity contribution >= 4 is 23.6 Å². The Labute approximate surface area is 198 Å². The molecular weight excluding hydrogens is 437 g/mol. The van der Waals surface area contributed by atoms with Gasteiger partial charge in [-0.3, -0.25) is 24.1 Å². The Hall–Kier alpha value is -3.55. The quantitative estimate of drug-likeness (QED) is 0.542. The van der Waals surface area contributed by atoms with Crippen molar-refractivity contribution in [1.29, 1.82) is 0 Å². The molecule has 1 aliphatic rings. The highest BCUT2D eigenvalue weighted by Gasteiger charge is 2.35. The van der Waals surface area contributed by atoms with E-state index in [1.807, 2.05) is 20.8 Å². The van der Waals surface area contributed by atoms with Crippen LogP contribution in [0.15, 0.2) is 48.5 Å². The van der Waals surface area contributed by atoms with E-state index in [1.54, 1.807) is 36.4 Å². The average Bonchev–Trinajstić information content (AvgIpc) is 3.04. The zero-order valence-corrected chi connectivity index (χ0v) is 19.7. The van der Waals surface area contributed by atoms with Gasteiger partial charge in [0.1, 0.15) is 11.9 Å². The number of hydrogen-bond acceptors (Lipinski definition) is 4. The summed E-state index contributed by atoms with van der Waals surface area (Å²) in [7, 11) is 0. The molecule has 1 N–H and O–H groups in total. The van der Waals surface area contributed by atoms with Crippen LogP contribution in [0.25, 0.3) is 0 Å². The zero-order chi connectivity index (χ0) is 24.8. The smallest absolute Gasteiger partial charge is 0.261 e. The van der Waals surface area contributed by atoms with Crippen molar-refractivity contribution < 1.29 is 23.6 Å². The molecule has 0 bridgehead atoms. The van der Waals surface area contributed by atoms with E-state index in [9.17, 15) is 23.6 Å². The fourth-order valence-electron chi connectivity index (χ4n) is 4.06. The summed E-state index contributed by atoms with van der Waals surface area (Å²) in [4.78, 5) is 53.8. The van der Waals surface area contributed by atoms with E-state index in [1.165, 1.54) is 17.0 Å². The fourth-order valence-corrected chi connectivity index (χ4v) is 4.06. The monoisotopic (exact) mass is 467 g/mol. The summed E-state index contributed by atoms with van der Waals surface area (Å²) < 4.78 is 13.4. The molecule has 1 heterocycles. The van der Waals surface area contributed by atoms with Gasteiger partial charge >= 0.3 is 0 Å². The summed E-state index contributed by atoms with van der Waals surface area (Å²) in [6.45, 7) is 5.78. The number of nitrogens with zero attached hydrogens (tertiary/aromatic N) is 2. The molecule has 2 aromatic rings. The minimum absolute atomic E-state index is 0.0556. The second-order valence-electron chi connectivity index (χ2n) is 8.65. The number of imide groups is 1. The van der Waals surface area contributed by atoms with Crippen LogP contribution in [0.4, 0.5) is 4.39 Å². The Morgan fingerprint density at radius 1 is 1.00 bits per heavy atom. The third-order valence-corrected chi connectivity index (χ3v) is 5.73. The molecule has 0 saturated heterocycles. The fraction of sp³-hybridized carbons (Fsp3) is 0.385. The number of halogens is 1. The van der Waals surface area contributed by atoms with Crippen LogP contribution in [0.2, 0.25) is 0 Å². The van der Waals surface area contributed by atoms with Crippen LogP contribution >= 0.6 is 0 Å².